The van der Waals surface area contributed by atoms with E-state index in [1.165, 1.54) is 0 Å². The molecule has 2 N–H and O–H groups in total. The molecule has 0 aliphatic carbocycles. The summed E-state index contributed by atoms with van der Waals surface area (Å²) in [7, 11) is 0. The van der Waals surface area contributed by atoms with Crippen LogP contribution >= 0.6 is 0 Å². The van der Waals surface area contributed by atoms with Gasteiger partial charge in [-0.3, -0.25) is 9.59 Å². The molecule has 0 aliphatic rings. The van der Waals surface area contributed by atoms with Gasteiger partial charge in [-0.2, -0.15) is 0 Å². The van der Waals surface area contributed by atoms with Crippen LogP contribution in [-0.4, -0.2) is 37.2 Å². The summed E-state index contributed by atoms with van der Waals surface area (Å²) in [6.07, 6.45) is 1.70. The number of rotatable bonds is 7. The fraction of sp³-hybridized carbons (Fsp3) is 0.667. The molecule has 0 saturated carbocycles. The predicted octanol–water partition coefficient (Wildman–Crippen LogP) is 1.09. The van der Waals surface area contributed by atoms with Gasteiger partial charge in [-0.15, -0.1) is 0 Å². The van der Waals surface area contributed by atoms with Gasteiger partial charge in [0.2, 0.25) is 0 Å². The zero-order valence-corrected chi connectivity index (χ0v) is 11.7. The highest BCUT2D eigenvalue weighted by molar-refractivity contribution is 5.83. The van der Waals surface area contributed by atoms with Crippen LogP contribution in [0, 0.1) is 0 Å². The molecule has 0 aromatic rings. The smallest absolute Gasteiger partial charge is 0.377 e. The van der Waals surface area contributed by atoms with Crippen molar-refractivity contribution in [2.75, 3.05) is 13.1 Å². The monoisotopic (exact) mass is 288 g/mol. The molecule has 0 rings (SSSR count). The van der Waals surface area contributed by atoms with Crippen molar-refractivity contribution in [1.82, 2.24) is 10.6 Å². The third-order valence-electron chi connectivity index (χ3n) is 2.12. The zero-order valence-electron chi connectivity index (χ0n) is 11.7. The van der Waals surface area contributed by atoms with E-state index in [9.17, 15) is 19.2 Å². The van der Waals surface area contributed by atoms with Crippen LogP contribution in [0.25, 0.3) is 0 Å². The summed E-state index contributed by atoms with van der Waals surface area (Å²) in [5.41, 5.74) is 0. The quantitative estimate of drug-likeness (QED) is 0.412. The molecule has 0 spiro atoms. The van der Waals surface area contributed by atoms with Crippen LogP contribution in [0.2, 0.25) is 0 Å². The van der Waals surface area contributed by atoms with Crippen molar-refractivity contribution >= 4 is 24.1 Å². The number of carbonyl (C=O) groups excluding carboxylic acids is 4. The molecule has 0 fully saturated rings. The van der Waals surface area contributed by atoms with Crippen LogP contribution in [0.4, 0.5) is 9.59 Å². The standard InChI is InChI=1S/C12H20N2O6/c1-9(15)19-11(17)13-7-5-3-4-6-8-14-12(18)20-10(2)16/h3-8H2,1-2H3,(H,13,17)(H,14,18). The van der Waals surface area contributed by atoms with Crippen molar-refractivity contribution in [3.05, 3.63) is 0 Å². The first-order valence-corrected chi connectivity index (χ1v) is 6.34. The lowest BCUT2D eigenvalue weighted by molar-refractivity contribution is -0.135. The lowest BCUT2D eigenvalue weighted by Crippen LogP contribution is -2.27. The van der Waals surface area contributed by atoms with E-state index in [0.29, 0.717) is 13.1 Å². The Morgan fingerprint density at radius 2 is 1.05 bits per heavy atom. The Bertz CT molecular complexity index is 322. The average molecular weight is 288 g/mol. The van der Waals surface area contributed by atoms with Gasteiger partial charge in [0, 0.05) is 26.9 Å². The van der Waals surface area contributed by atoms with E-state index in [1.54, 1.807) is 0 Å². The minimum absolute atomic E-state index is 0.423. The van der Waals surface area contributed by atoms with Gasteiger partial charge >= 0.3 is 24.1 Å². The van der Waals surface area contributed by atoms with Crippen LogP contribution in [-0.2, 0) is 19.1 Å². The number of nitrogens with one attached hydrogen (secondary N) is 2. The molecule has 0 aliphatic heterocycles. The van der Waals surface area contributed by atoms with E-state index in [1.807, 2.05) is 0 Å². The molecular weight excluding hydrogens is 268 g/mol. The molecule has 0 saturated heterocycles. The van der Waals surface area contributed by atoms with E-state index in [4.69, 9.17) is 0 Å². The first kappa shape index (κ1) is 17.9. The largest absolute Gasteiger partial charge is 0.414 e. The minimum atomic E-state index is -0.744. The highest BCUT2D eigenvalue weighted by Gasteiger charge is 2.04. The summed E-state index contributed by atoms with van der Waals surface area (Å²) >= 11 is 0. The van der Waals surface area contributed by atoms with Crippen LogP contribution in [0.5, 0.6) is 0 Å². The highest BCUT2D eigenvalue weighted by Crippen LogP contribution is 1.98. The lowest BCUT2D eigenvalue weighted by Gasteiger charge is -2.05. The van der Waals surface area contributed by atoms with Gasteiger partial charge in [0.05, 0.1) is 0 Å². The molecule has 2 amide bonds. The van der Waals surface area contributed by atoms with Crippen molar-refractivity contribution < 1.29 is 28.7 Å². The molecule has 0 bridgehead atoms. The Morgan fingerprint density at radius 3 is 1.35 bits per heavy atom. The lowest BCUT2D eigenvalue weighted by atomic mass is 10.2. The van der Waals surface area contributed by atoms with Gasteiger partial charge < -0.3 is 20.1 Å². The molecule has 8 nitrogen and oxygen atoms in total. The Kier molecular flexibility index (Phi) is 9.63. The van der Waals surface area contributed by atoms with Crippen molar-refractivity contribution in [2.45, 2.75) is 39.5 Å². The number of esters is 2. The third kappa shape index (κ3) is 12.3. The Morgan fingerprint density at radius 1 is 0.700 bits per heavy atom. The van der Waals surface area contributed by atoms with Gasteiger partial charge in [0.15, 0.2) is 0 Å². The summed E-state index contributed by atoms with van der Waals surface area (Å²) in [4.78, 5) is 42.7. The fourth-order valence-corrected chi connectivity index (χ4v) is 1.32. The van der Waals surface area contributed by atoms with E-state index in [0.717, 1.165) is 39.5 Å². The van der Waals surface area contributed by atoms with Crippen molar-refractivity contribution in [3.8, 4) is 0 Å². The van der Waals surface area contributed by atoms with Gasteiger partial charge in [0.25, 0.3) is 0 Å². The predicted molar refractivity (Wildman–Crippen MR) is 68.8 cm³/mol. The molecule has 0 aromatic heterocycles. The summed E-state index contributed by atoms with van der Waals surface area (Å²) in [6, 6.07) is 0. The Hall–Kier alpha value is -2.12. The SMILES string of the molecule is CC(=O)OC(=O)NCCCCCCNC(=O)OC(C)=O. The maximum absolute atomic E-state index is 10.9. The van der Waals surface area contributed by atoms with Crippen LogP contribution in [0.3, 0.4) is 0 Å². The first-order valence-electron chi connectivity index (χ1n) is 6.34. The first-order chi connectivity index (χ1) is 9.41. The van der Waals surface area contributed by atoms with Crippen LogP contribution < -0.4 is 10.6 Å². The molecular formula is C12H20N2O6. The zero-order chi connectivity index (χ0) is 15.4. The van der Waals surface area contributed by atoms with Crippen LogP contribution in [0.1, 0.15) is 39.5 Å². The highest BCUT2D eigenvalue weighted by atomic mass is 16.6. The summed E-state index contributed by atoms with van der Waals surface area (Å²) < 4.78 is 8.55. The van der Waals surface area contributed by atoms with Gasteiger partial charge in [-0.05, 0) is 12.8 Å². The molecule has 0 atom stereocenters. The molecule has 0 heterocycles. The van der Waals surface area contributed by atoms with Crippen LogP contribution in [0.15, 0.2) is 0 Å². The van der Waals surface area contributed by atoms with Crippen molar-refractivity contribution in [3.63, 3.8) is 0 Å². The summed E-state index contributed by atoms with van der Waals surface area (Å²) in [6.45, 7) is 3.16. The van der Waals surface area contributed by atoms with E-state index >= 15 is 0 Å². The number of ether oxygens (including phenoxy) is 2. The maximum atomic E-state index is 10.9. The molecule has 0 aromatic carbocycles. The second-order valence-corrected chi connectivity index (χ2v) is 4.03. The summed E-state index contributed by atoms with van der Waals surface area (Å²) in [5.74, 6) is -1.29. The molecule has 8 heteroatoms. The van der Waals surface area contributed by atoms with E-state index < -0.39 is 24.1 Å². The number of alkyl carbamates (subject to hydrolysis) is 2. The molecule has 0 unspecified atom stereocenters. The third-order valence-corrected chi connectivity index (χ3v) is 2.12. The van der Waals surface area contributed by atoms with E-state index in [-0.39, 0.29) is 0 Å². The Labute approximate surface area is 117 Å². The number of amides is 2. The van der Waals surface area contributed by atoms with Gasteiger partial charge in [-0.1, -0.05) is 12.8 Å². The number of hydrogen-bond acceptors (Lipinski definition) is 6. The second-order valence-electron chi connectivity index (χ2n) is 4.03. The normalized spacial score (nSPS) is 9.50. The maximum Gasteiger partial charge on any atom is 0.414 e. The second kappa shape index (κ2) is 10.8. The number of carbonyl (C=O) groups is 4. The molecule has 0 radical (unpaired) electrons. The minimum Gasteiger partial charge on any atom is -0.377 e. The number of unbranched alkanes of at least 4 members (excludes halogenated alkanes) is 3. The molecule has 114 valence electrons. The number of hydrogen-bond donors (Lipinski definition) is 2. The van der Waals surface area contributed by atoms with Crippen molar-refractivity contribution in [2.24, 2.45) is 0 Å². The topological polar surface area (TPSA) is 111 Å². The van der Waals surface area contributed by atoms with Gasteiger partial charge in [-0.25, -0.2) is 9.59 Å². The van der Waals surface area contributed by atoms with Gasteiger partial charge in [0.1, 0.15) is 0 Å². The van der Waals surface area contributed by atoms with Crippen molar-refractivity contribution in [1.29, 1.82) is 0 Å². The summed E-state index contributed by atoms with van der Waals surface area (Å²) in [5, 5.41) is 4.87. The van der Waals surface area contributed by atoms with E-state index in [2.05, 4.69) is 20.1 Å². The fourth-order valence-electron chi connectivity index (χ4n) is 1.32. The average Bonchev–Trinajstić information content (AvgIpc) is 2.30. The molecule has 20 heavy (non-hydrogen) atoms. The Balaban J connectivity index is 3.33.